The highest BCUT2D eigenvalue weighted by molar-refractivity contribution is 7.18. The molecule has 0 saturated heterocycles. The lowest BCUT2D eigenvalue weighted by Gasteiger charge is -2.09. The normalized spacial score (nSPS) is 12.1. The lowest BCUT2D eigenvalue weighted by molar-refractivity contribution is -0.114. The third kappa shape index (κ3) is 3.23. The summed E-state index contributed by atoms with van der Waals surface area (Å²) in [5, 5.41) is 2.92. The number of para-hydroxylation sites is 1. The Morgan fingerprint density at radius 2 is 1.95 bits per heavy atom. The van der Waals surface area contributed by atoms with Gasteiger partial charge in [0.2, 0.25) is 5.91 Å². The fraction of sp³-hybridized carbons (Fsp3) is 0.125. The highest BCUT2D eigenvalue weighted by atomic mass is 32.1. The van der Waals surface area contributed by atoms with Gasteiger partial charge in [0.1, 0.15) is 5.75 Å². The van der Waals surface area contributed by atoms with Crippen molar-refractivity contribution < 1.29 is 13.9 Å². The maximum atomic E-state index is 14.2. The molecule has 0 radical (unpaired) electrons. The number of halogens is 1. The third-order valence-corrected chi connectivity index (χ3v) is 3.97. The first kappa shape index (κ1) is 14.5. The second kappa shape index (κ2) is 6.11. The fourth-order valence-corrected chi connectivity index (χ4v) is 2.85. The van der Waals surface area contributed by atoms with Crippen molar-refractivity contribution in [2.75, 3.05) is 5.32 Å². The molecule has 1 atom stereocenters. The van der Waals surface area contributed by atoms with Crippen molar-refractivity contribution in [3.05, 3.63) is 53.5 Å². The van der Waals surface area contributed by atoms with E-state index in [9.17, 15) is 9.18 Å². The zero-order chi connectivity index (χ0) is 15.5. The monoisotopic (exact) mass is 316 g/mol. The van der Waals surface area contributed by atoms with Crippen LogP contribution in [-0.2, 0) is 4.79 Å². The summed E-state index contributed by atoms with van der Waals surface area (Å²) in [5.41, 5.74) is 1.39. The Morgan fingerprint density at radius 3 is 2.64 bits per heavy atom. The van der Waals surface area contributed by atoms with Crippen LogP contribution >= 0.6 is 11.3 Å². The molecule has 2 aromatic carbocycles. The second-order valence-corrected chi connectivity index (χ2v) is 5.72. The zero-order valence-corrected chi connectivity index (χ0v) is 12.6. The number of ether oxygens (including phenoxy) is 1. The van der Waals surface area contributed by atoms with Crippen molar-refractivity contribution in [2.24, 2.45) is 0 Å². The van der Waals surface area contributed by atoms with Gasteiger partial charge in [0.15, 0.2) is 5.01 Å². The molecule has 1 N–H and O–H groups in total. The number of amides is 1. The molecule has 4 nitrogen and oxygen atoms in total. The van der Waals surface area contributed by atoms with E-state index in [1.54, 1.807) is 24.3 Å². The number of hydrogen-bond donors (Lipinski definition) is 1. The molecule has 0 saturated carbocycles. The SMILES string of the molecule is CC(=O)Nc1ccc(OC(F)c2nc3ccccc3s2)cc1. The Morgan fingerprint density at radius 1 is 1.23 bits per heavy atom. The molecule has 1 unspecified atom stereocenters. The molecule has 1 amide bonds. The van der Waals surface area contributed by atoms with Crippen LogP contribution in [0.5, 0.6) is 5.75 Å². The largest absolute Gasteiger partial charge is 0.454 e. The van der Waals surface area contributed by atoms with Gasteiger partial charge in [-0.3, -0.25) is 4.79 Å². The first-order chi connectivity index (χ1) is 10.6. The summed E-state index contributed by atoms with van der Waals surface area (Å²) >= 11 is 1.27. The average molecular weight is 316 g/mol. The minimum atomic E-state index is -1.62. The van der Waals surface area contributed by atoms with Gasteiger partial charge in [-0.2, -0.15) is 4.39 Å². The molecule has 1 aromatic heterocycles. The second-order valence-electron chi connectivity index (χ2n) is 4.66. The zero-order valence-electron chi connectivity index (χ0n) is 11.7. The maximum absolute atomic E-state index is 14.2. The number of rotatable bonds is 4. The predicted molar refractivity (Wildman–Crippen MR) is 84.8 cm³/mol. The van der Waals surface area contributed by atoms with Gasteiger partial charge in [-0.25, -0.2) is 4.98 Å². The van der Waals surface area contributed by atoms with Crippen molar-refractivity contribution in [3.8, 4) is 5.75 Å². The number of nitrogens with one attached hydrogen (secondary N) is 1. The van der Waals surface area contributed by atoms with Gasteiger partial charge in [-0.15, -0.1) is 11.3 Å². The van der Waals surface area contributed by atoms with E-state index in [4.69, 9.17) is 4.74 Å². The van der Waals surface area contributed by atoms with Gasteiger partial charge in [0.25, 0.3) is 6.36 Å². The third-order valence-electron chi connectivity index (χ3n) is 2.92. The molecule has 1 heterocycles. The molecule has 3 aromatic rings. The van der Waals surface area contributed by atoms with Crippen LogP contribution in [0.1, 0.15) is 18.3 Å². The van der Waals surface area contributed by atoms with Crippen molar-refractivity contribution in [3.63, 3.8) is 0 Å². The van der Waals surface area contributed by atoms with Crippen LogP contribution in [0.4, 0.5) is 10.1 Å². The Balaban J connectivity index is 1.73. The molecular formula is C16H13FN2O2S. The van der Waals surface area contributed by atoms with E-state index in [0.717, 1.165) is 10.2 Å². The van der Waals surface area contributed by atoms with E-state index in [1.165, 1.54) is 18.3 Å². The van der Waals surface area contributed by atoms with Crippen molar-refractivity contribution in [1.29, 1.82) is 0 Å². The highest BCUT2D eigenvalue weighted by Gasteiger charge is 2.16. The number of carbonyl (C=O) groups is 1. The lowest BCUT2D eigenvalue weighted by atomic mass is 10.3. The summed E-state index contributed by atoms with van der Waals surface area (Å²) in [5.74, 6) is 0.215. The number of alkyl halides is 1. The van der Waals surface area contributed by atoms with E-state index in [0.29, 0.717) is 11.4 Å². The Labute approximate surface area is 130 Å². The molecule has 0 bridgehead atoms. The van der Waals surface area contributed by atoms with Crippen LogP contribution in [-0.4, -0.2) is 10.9 Å². The maximum Gasteiger partial charge on any atom is 0.290 e. The number of hydrogen-bond acceptors (Lipinski definition) is 4. The molecule has 0 aliphatic heterocycles. The standard InChI is InChI=1S/C16H13FN2O2S/c1-10(20)18-11-6-8-12(9-7-11)21-15(17)16-19-13-4-2-3-5-14(13)22-16/h2-9,15H,1H3,(H,18,20). The number of fused-ring (bicyclic) bond motifs is 1. The van der Waals surface area contributed by atoms with Crippen LogP contribution in [0.25, 0.3) is 10.2 Å². The Kier molecular flexibility index (Phi) is 4.02. The molecule has 0 fully saturated rings. The number of aromatic nitrogens is 1. The minimum Gasteiger partial charge on any atom is -0.454 e. The lowest BCUT2D eigenvalue weighted by Crippen LogP contribution is -2.05. The number of nitrogens with zero attached hydrogens (tertiary/aromatic N) is 1. The van der Waals surface area contributed by atoms with Gasteiger partial charge < -0.3 is 10.1 Å². The smallest absolute Gasteiger partial charge is 0.290 e. The summed E-state index contributed by atoms with van der Waals surface area (Å²) in [6, 6.07) is 14.0. The summed E-state index contributed by atoms with van der Waals surface area (Å²) in [6.07, 6.45) is -1.62. The van der Waals surface area contributed by atoms with E-state index < -0.39 is 6.36 Å². The highest BCUT2D eigenvalue weighted by Crippen LogP contribution is 2.30. The molecule has 0 spiro atoms. The van der Waals surface area contributed by atoms with Gasteiger partial charge >= 0.3 is 0 Å². The minimum absolute atomic E-state index is 0.161. The van der Waals surface area contributed by atoms with E-state index in [2.05, 4.69) is 10.3 Å². The first-order valence-corrected chi connectivity index (χ1v) is 7.47. The van der Waals surface area contributed by atoms with Crippen molar-refractivity contribution in [2.45, 2.75) is 13.3 Å². The van der Waals surface area contributed by atoms with Crippen LogP contribution < -0.4 is 10.1 Å². The summed E-state index contributed by atoms with van der Waals surface area (Å²) < 4.78 is 20.4. The summed E-state index contributed by atoms with van der Waals surface area (Å²) in [7, 11) is 0. The van der Waals surface area contributed by atoms with Gasteiger partial charge in [-0.1, -0.05) is 12.1 Å². The van der Waals surface area contributed by atoms with E-state index >= 15 is 0 Å². The molecule has 6 heteroatoms. The number of benzene rings is 2. The van der Waals surface area contributed by atoms with Crippen molar-refractivity contribution in [1.82, 2.24) is 4.98 Å². The van der Waals surface area contributed by atoms with Crippen LogP contribution in [0, 0.1) is 0 Å². The van der Waals surface area contributed by atoms with E-state index in [1.807, 2.05) is 24.3 Å². The number of carbonyl (C=O) groups excluding carboxylic acids is 1. The van der Waals surface area contributed by atoms with Crippen molar-refractivity contribution >= 4 is 33.1 Å². The number of anilines is 1. The summed E-state index contributed by atoms with van der Waals surface area (Å²) in [4.78, 5) is 15.2. The molecule has 0 aliphatic carbocycles. The van der Waals surface area contributed by atoms with Crippen LogP contribution in [0.15, 0.2) is 48.5 Å². The fourth-order valence-electron chi connectivity index (χ4n) is 1.98. The van der Waals surface area contributed by atoms with E-state index in [-0.39, 0.29) is 10.9 Å². The first-order valence-electron chi connectivity index (χ1n) is 6.66. The number of thiazole rings is 1. The summed E-state index contributed by atoms with van der Waals surface area (Å²) in [6.45, 7) is 1.43. The molecular weight excluding hydrogens is 303 g/mol. The van der Waals surface area contributed by atoms with Crippen LogP contribution in [0.2, 0.25) is 0 Å². The van der Waals surface area contributed by atoms with Gasteiger partial charge in [0, 0.05) is 12.6 Å². The topological polar surface area (TPSA) is 51.2 Å². The molecule has 112 valence electrons. The Bertz CT molecular complexity index is 768. The quantitative estimate of drug-likeness (QED) is 0.780. The predicted octanol–water partition coefficient (Wildman–Crippen LogP) is 4.30. The van der Waals surface area contributed by atoms with Crippen LogP contribution in [0.3, 0.4) is 0 Å². The molecule has 3 rings (SSSR count). The molecule has 22 heavy (non-hydrogen) atoms. The average Bonchev–Trinajstić information content (AvgIpc) is 2.93. The Hall–Kier alpha value is -2.47. The van der Waals surface area contributed by atoms with Gasteiger partial charge in [-0.05, 0) is 36.4 Å². The molecule has 0 aliphatic rings. The van der Waals surface area contributed by atoms with Gasteiger partial charge in [0.05, 0.1) is 10.2 Å².